The molecule has 1 aliphatic carbocycles. The SMILES string of the molecule is Cc1ccc(NC(=O)C2(C(=O)N3CCCC(C)C3)CC2)cc1C. The topological polar surface area (TPSA) is 49.4 Å². The van der Waals surface area contributed by atoms with Crippen molar-refractivity contribution in [1.29, 1.82) is 0 Å². The minimum atomic E-state index is -0.810. The van der Waals surface area contributed by atoms with Crippen LogP contribution in [0.5, 0.6) is 0 Å². The van der Waals surface area contributed by atoms with E-state index in [9.17, 15) is 9.59 Å². The molecule has 1 aromatic carbocycles. The number of hydrogen-bond donors (Lipinski definition) is 1. The Hall–Kier alpha value is -1.84. The lowest BCUT2D eigenvalue weighted by Crippen LogP contribution is -2.46. The molecule has 0 bridgehead atoms. The third kappa shape index (κ3) is 3.12. The molecule has 0 aromatic heterocycles. The van der Waals surface area contributed by atoms with Gasteiger partial charge in [0.15, 0.2) is 0 Å². The van der Waals surface area contributed by atoms with Crippen molar-refractivity contribution in [1.82, 2.24) is 4.90 Å². The van der Waals surface area contributed by atoms with Gasteiger partial charge in [-0.2, -0.15) is 0 Å². The van der Waals surface area contributed by atoms with Crippen LogP contribution in [-0.2, 0) is 9.59 Å². The van der Waals surface area contributed by atoms with Crippen LogP contribution in [0.3, 0.4) is 0 Å². The number of benzene rings is 1. The maximum Gasteiger partial charge on any atom is 0.240 e. The Balaban J connectivity index is 1.70. The first kappa shape index (κ1) is 16.0. The average Bonchev–Trinajstić information content (AvgIpc) is 3.32. The van der Waals surface area contributed by atoms with Crippen molar-refractivity contribution in [3.63, 3.8) is 0 Å². The van der Waals surface area contributed by atoms with E-state index in [-0.39, 0.29) is 11.8 Å². The molecule has 4 nitrogen and oxygen atoms in total. The summed E-state index contributed by atoms with van der Waals surface area (Å²) in [5.74, 6) is 0.431. The number of amides is 2. The van der Waals surface area contributed by atoms with Gasteiger partial charge in [-0.1, -0.05) is 13.0 Å². The van der Waals surface area contributed by atoms with Gasteiger partial charge < -0.3 is 10.2 Å². The van der Waals surface area contributed by atoms with Crippen molar-refractivity contribution in [3.05, 3.63) is 29.3 Å². The van der Waals surface area contributed by atoms with Crippen molar-refractivity contribution in [2.75, 3.05) is 18.4 Å². The molecule has 1 aromatic rings. The zero-order valence-electron chi connectivity index (χ0n) is 14.3. The summed E-state index contributed by atoms with van der Waals surface area (Å²) in [6, 6.07) is 5.87. The van der Waals surface area contributed by atoms with E-state index in [0.29, 0.717) is 18.8 Å². The van der Waals surface area contributed by atoms with Gasteiger partial charge in [-0.05, 0) is 68.7 Å². The van der Waals surface area contributed by atoms with Crippen molar-refractivity contribution in [2.45, 2.75) is 46.5 Å². The lowest BCUT2D eigenvalue weighted by atomic mass is 9.96. The van der Waals surface area contributed by atoms with Crippen LogP contribution in [-0.4, -0.2) is 29.8 Å². The van der Waals surface area contributed by atoms with Crippen LogP contribution in [0.2, 0.25) is 0 Å². The van der Waals surface area contributed by atoms with E-state index in [1.54, 1.807) is 0 Å². The van der Waals surface area contributed by atoms with Crippen LogP contribution in [0.4, 0.5) is 5.69 Å². The van der Waals surface area contributed by atoms with Gasteiger partial charge in [-0.15, -0.1) is 0 Å². The highest BCUT2D eigenvalue weighted by Crippen LogP contribution is 2.48. The zero-order valence-corrected chi connectivity index (χ0v) is 14.3. The number of nitrogens with zero attached hydrogens (tertiary/aromatic N) is 1. The molecule has 2 fully saturated rings. The standard InChI is InChI=1S/C19H26N2O2/c1-13-5-4-10-21(12-13)18(23)19(8-9-19)17(22)20-16-7-6-14(2)15(3)11-16/h6-7,11,13H,4-5,8-10,12H2,1-3H3,(H,20,22). The molecular weight excluding hydrogens is 288 g/mol. The van der Waals surface area contributed by atoms with E-state index in [1.807, 2.05) is 36.9 Å². The second-order valence-corrected chi connectivity index (χ2v) is 7.33. The average molecular weight is 314 g/mol. The normalized spacial score (nSPS) is 22.6. The smallest absolute Gasteiger partial charge is 0.240 e. The van der Waals surface area contributed by atoms with Gasteiger partial charge in [0.05, 0.1) is 0 Å². The molecule has 3 rings (SSSR count). The monoisotopic (exact) mass is 314 g/mol. The maximum absolute atomic E-state index is 12.8. The Morgan fingerprint density at radius 2 is 1.96 bits per heavy atom. The van der Waals surface area contributed by atoms with Crippen molar-refractivity contribution in [2.24, 2.45) is 11.3 Å². The summed E-state index contributed by atoms with van der Waals surface area (Å²) in [6.07, 6.45) is 3.56. The van der Waals surface area contributed by atoms with E-state index in [2.05, 4.69) is 12.2 Å². The number of rotatable bonds is 3. The van der Waals surface area contributed by atoms with Crippen LogP contribution in [0.1, 0.15) is 43.7 Å². The third-order valence-corrected chi connectivity index (χ3v) is 5.30. The first-order valence-electron chi connectivity index (χ1n) is 8.60. The summed E-state index contributed by atoms with van der Waals surface area (Å²) in [6.45, 7) is 7.83. The van der Waals surface area contributed by atoms with E-state index in [0.717, 1.165) is 30.8 Å². The molecule has 1 unspecified atom stereocenters. The minimum Gasteiger partial charge on any atom is -0.342 e. The molecule has 1 heterocycles. The third-order valence-electron chi connectivity index (χ3n) is 5.30. The summed E-state index contributed by atoms with van der Waals surface area (Å²) >= 11 is 0. The predicted octanol–water partition coefficient (Wildman–Crippen LogP) is 3.28. The Morgan fingerprint density at radius 1 is 1.22 bits per heavy atom. The van der Waals surface area contributed by atoms with E-state index < -0.39 is 5.41 Å². The van der Waals surface area contributed by atoms with Gasteiger partial charge in [0.2, 0.25) is 11.8 Å². The lowest BCUT2D eigenvalue weighted by Gasteiger charge is -2.33. The molecule has 2 amide bonds. The highest BCUT2D eigenvalue weighted by atomic mass is 16.2. The molecular formula is C19H26N2O2. The molecule has 0 spiro atoms. The summed E-state index contributed by atoms with van der Waals surface area (Å²) in [5.41, 5.74) is 2.31. The fraction of sp³-hybridized carbons (Fsp3) is 0.579. The number of anilines is 1. The lowest BCUT2D eigenvalue weighted by molar-refractivity contribution is -0.143. The van der Waals surface area contributed by atoms with Gasteiger partial charge in [0, 0.05) is 18.8 Å². The Labute approximate surface area is 138 Å². The molecule has 4 heteroatoms. The van der Waals surface area contributed by atoms with Crippen molar-refractivity contribution >= 4 is 17.5 Å². The number of piperidine rings is 1. The van der Waals surface area contributed by atoms with E-state index >= 15 is 0 Å². The van der Waals surface area contributed by atoms with Gasteiger partial charge in [-0.3, -0.25) is 9.59 Å². The summed E-state index contributed by atoms with van der Waals surface area (Å²) in [4.78, 5) is 27.4. The number of aryl methyl sites for hydroxylation is 2. The largest absolute Gasteiger partial charge is 0.342 e. The number of likely N-dealkylation sites (tertiary alicyclic amines) is 1. The van der Waals surface area contributed by atoms with Gasteiger partial charge >= 0.3 is 0 Å². The van der Waals surface area contributed by atoms with Crippen LogP contribution in [0.15, 0.2) is 18.2 Å². The van der Waals surface area contributed by atoms with Gasteiger partial charge in [0.1, 0.15) is 5.41 Å². The van der Waals surface area contributed by atoms with Crippen LogP contribution < -0.4 is 5.32 Å². The molecule has 1 saturated carbocycles. The summed E-state index contributed by atoms with van der Waals surface area (Å²) in [5, 5.41) is 2.96. The molecule has 23 heavy (non-hydrogen) atoms. The Kier molecular flexibility index (Phi) is 4.17. The second kappa shape index (κ2) is 5.99. The number of nitrogens with one attached hydrogen (secondary N) is 1. The van der Waals surface area contributed by atoms with Crippen molar-refractivity contribution < 1.29 is 9.59 Å². The molecule has 1 atom stereocenters. The van der Waals surface area contributed by atoms with Crippen molar-refractivity contribution in [3.8, 4) is 0 Å². The second-order valence-electron chi connectivity index (χ2n) is 7.33. The van der Waals surface area contributed by atoms with Gasteiger partial charge in [-0.25, -0.2) is 0 Å². The first-order valence-corrected chi connectivity index (χ1v) is 8.60. The number of carbonyl (C=O) groups excluding carboxylic acids is 2. The van der Waals surface area contributed by atoms with E-state index in [1.165, 1.54) is 12.0 Å². The van der Waals surface area contributed by atoms with E-state index in [4.69, 9.17) is 0 Å². The molecule has 0 radical (unpaired) electrons. The maximum atomic E-state index is 12.8. The Bertz CT molecular complexity index is 634. The molecule has 1 aliphatic heterocycles. The molecule has 2 aliphatic rings. The summed E-state index contributed by atoms with van der Waals surface area (Å²) < 4.78 is 0. The molecule has 1 saturated heterocycles. The van der Waals surface area contributed by atoms with Crippen LogP contribution >= 0.6 is 0 Å². The Morgan fingerprint density at radius 3 is 2.57 bits per heavy atom. The van der Waals surface area contributed by atoms with Crippen LogP contribution in [0, 0.1) is 25.2 Å². The fourth-order valence-corrected chi connectivity index (χ4v) is 3.41. The summed E-state index contributed by atoms with van der Waals surface area (Å²) in [7, 11) is 0. The quantitative estimate of drug-likeness (QED) is 0.870. The zero-order chi connectivity index (χ0) is 16.6. The molecule has 124 valence electrons. The fourth-order valence-electron chi connectivity index (χ4n) is 3.41. The number of hydrogen-bond acceptors (Lipinski definition) is 2. The predicted molar refractivity (Wildman–Crippen MR) is 91.2 cm³/mol. The highest BCUT2D eigenvalue weighted by molar-refractivity contribution is 6.13. The minimum absolute atomic E-state index is 0.0328. The van der Waals surface area contributed by atoms with Crippen LogP contribution in [0.25, 0.3) is 0 Å². The first-order chi connectivity index (χ1) is 10.9. The molecule has 1 N–H and O–H groups in total. The highest BCUT2D eigenvalue weighted by Gasteiger charge is 2.58. The number of carbonyl (C=O) groups is 2. The van der Waals surface area contributed by atoms with Gasteiger partial charge in [0.25, 0.3) is 0 Å².